The number of rotatable bonds is 7. The molecule has 5 nitrogen and oxygen atoms in total. The van der Waals surface area contributed by atoms with Gasteiger partial charge in [-0.25, -0.2) is 12.7 Å². The van der Waals surface area contributed by atoms with Gasteiger partial charge in [-0.1, -0.05) is 0 Å². The second-order valence-electron chi connectivity index (χ2n) is 4.46. The average molecular weight is 301 g/mol. The third-order valence-electron chi connectivity index (χ3n) is 3.14. The fourth-order valence-corrected chi connectivity index (χ4v) is 3.62. The van der Waals surface area contributed by atoms with Crippen molar-refractivity contribution in [3.63, 3.8) is 0 Å². The Bertz CT molecular complexity index is 309. The Morgan fingerprint density at radius 3 is 2.78 bits per heavy atom. The first-order chi connectivity index (χ1) is 8.10. The summed E-state index contributed by atoms with van der Waals surface area (Å²) in [6, 6.07) is 0. The molecule has 1 unspecified atom stereocenters. The van der Waals surface area contributed by atoms with Gasteiger partial charge in [0.05, 0.1) is 12.4 Å². The van der Waals surface area contributed by atoms with E-state index in [-0.39, 0.29) is 24.8 Å². The van der Waals surface area contributed by atoms with Crippen LogP contribution in [0.15, 0.2) is 0 Å². The van der Waals surface area contributed by atoms with Crippen LogP contribution in [0.4, 0.5) is 0 Å². The molecule has 0 bridgehead atoms. The summed E-state index contributed by atoms with van der Waals surface area (Å²) in [5.41, 5.74) is 5.52. The van der Waals surface area contributed by atoms with Crippen LogP contribution in [0.25, 0.3) is 0 Å². The number of halogens is 1. The van der Waals surface area contributed by atoms with Crippen LogP contribution in [-0.2, 0) is 14.8 Å². The van der Waals surface area contributed by atoms with Crippen LogP contribution < -0.4 is 5.73 Å². The summed E-state index contributed by atoms with van der Waals surface area (Å²) in [7, 11) is -3.14. The van der Waals surface area contributed by atoms with E-state index in [0.717, 1.165) is 19.3 Å². The fraction of sp³-hybridized carbons (Fsp3) is 1.00. The number of nitrogens with zero attached hydrogens (tertiary/aromatic N) is 1. The van der Waals surface area contributed by atoms with Gasteiger partial charge in [-0.3, -0.25) is 0 Å². The quantitative estimate of drug-likeness (QED) is 0.707. The summed E-state index contributed by atoms with van der Waals surface area (Å²) in [6.45, 7) is 4.63. The summed E-state index contributed by atoms with van der Waals surface area (Å²) in [6.07, 6.45) is 2.95. The lowest BCUT2D eigenvalue weighted by Crippen LogP contribution is -2.42. The van der Waals surface area contributed by atoms with Crippen LogP contribution in [0.2, 0.25) is 0 Å². The molecule has 0 radical (unpaired) electrons. The number of ether oxygens (including phenoxy) is 1. The lowest BCUT2D eigenvalue weighted by Gasteiger charge is -2.31. The lowest BCUT2D eigenvalue weighted by molar-refractivity contribution is 0.161. The van der Waals surface area contributed by atoms with Crippen LogP contribution in [0.5, 0.6) is 0 Å². The lowest BCUT2D eigenvalue weighted by atomic mass is 9.96. The SMILES string of the molecule is CCOCCS(=O)(=O)N1CCCC(CCN)C1.Cl. The Balaban J connectivity index is 0.00000289. The monoisotopic (exact) mass is 300 g/mol. The van der Waals surface area contributed by atoms with Gasteiger partial charge in [0.1, 0.15) is 0 Å². The molecule has 1 saturated heterocycles. The molecule has 0 spiro atoms. The molecule has 110 valence electrons. The van der Waals surface area contributed by atoms with Gasteiger partial charge in [-0.2, -0.15) is 0 Å². The molecule has 2 N–H and O–H groups in total. The zero-order valence-corrected chi connectivity index (χ0v) is 12.6. The zero-order valence-electron chi connectivity index (χ0n) is 11.0. The molecule has 0 aromatic heterocycles. The normalized spacial score (nSPS) is 21.6. The van der Waals surface area contributed by atoms with Gasteiger partial charge in [0.2, 0.25) is 10.0 Å². The van der Waals surface area contributed by atoms with Crippen LogP contribution in [-0.4, -0.2) is 51.3 Å². The van der Waals surface area contributed by atoms with Gasteiger partial charge in [0.15, 0.2) is 0 Å². The summed E-state index contributed by atoms with van der Waals surface area (Å²) in [4.78, 5) is 0. The maximum absolute atomic E-state index is 12.0. The van der Waals surface area contributed by atoms with Crippen molar-refractivity contribution in [2.45, 2.75) is 26.2 Å². The molecule has 1 fully saturated rings. The first-order valence-electron chi connectivity index (χ1n) is 6.35. The molecule has 18 heavy (non-hydrogen) atoms. The topological polar surface area (TPSA) is 72.6 Å². The number of hydrogen-bond acceptors (Lipinski definition) is 4. The van der Waals surface area contributed by atoms with Crippen molar-refractivity contribution in [2.75, 3.05) is 38.6 Å². The average Bonchev–Trinajstić information content (AvgIpc) is 2.30. The van der Waals surface area contributed by atoms with Crippen molar-refractivity contribution in [3.05, 3.63) is 0 Å². The zero-order chi connectivity index (χ0) is 12.7. The second kappa shape index (κ2) is 9.09. The fourth-order valence-electron chi connectivity index (χ4n) is 2.19. The third kappa shape index (κ3) is 5.84. The van der Waals surface area contributed by atoms with Crippen molar-refractivity contribution in [2.24, 2.45) is 11.7 Å². The van der Waals surface area contributed by atoms with E-state index >= 15 is 0 Å². The Kier molecular flexibility index (Phi) is 9.15. The Hall–Kier alpha value is 0.120. The van der Waals surface area contributed by atoms with Gasteiger partial charge in [-0.05, 0) is 38.6 Å². The minimum Gasteiger partial charge on any atom is -0.381 e. The van der Waals surface area contributed by atoms with E-state index in [1.807, 2.05) is 6.92 Å². The molecule has 0 saturated carbocycles. The molecule has 1 aliphatic rings. The van der Waals surface area contributed by atoms with Crippen molar-refractivity contribution in [3.8, 4) is 0 Å². The van der Waals surface area contributed by atoms with Crippen LogP contribution in [0, 0.1) is 5.92 Å². The Morgan fingerprint density at radius 1 is 1.44 bits per heavy atom. The molecule has 0 aromatic rings. The first-order valence-corrected chi connectivity index (χ1v) is 7.96. The summed E-state index contributed by atoms with van der Waals surface area (Å²) in [5, 5.41) is 0. The molecule has 7 heteroatoms. The van der Waals surface area contributed by atoms with Crippen LogP contribution in [0.3, 0.4) is 0 Å². The van der Waals surface area contributed by atoms with Gasteiger partial charge in [-0.15, -0.1) is 12.4 Å². The number of hydrogen-bond donors (Lipinski definition) is 1. The molecule has 0 aliphatic carbocycles. The molecule has 0 amide bonds. The number of nitrogens with two attached hydrogens (primary N) is 1. The number of sulfonamides is 1. The van der Waals surface area contributed by atoms with E-state index in [1.54, 1.807) is 4.31 Å². The minimum absolute atomic E-state index is 0. The van der Waals surface area contributed by atoms with Crippen molar-refractivity contribution >= 4 is 22.4 Å². The highest BCUT2D eigenvalue weighted by Crippen LogP contribution is 2.21. The van der Waals surface area contributed by atoms with Crippen molar-refractivity contribution in [1.29, 1.82) is 0 Å². The van der Waals surface area contributed by atoms with Crippen molar-refractivity contribution < 1.29 is 13.2 Å². The standard InChI is InChI=1S/C11H24N2O3S.ClH/c1-2-16-8-9-17(14,15)13-7-3-4-11(10-13)5-6-12;/h11H,2-10,12H2,1H3;1H. The van der Waals surface area contributed by atoms with E-state index in [2.05, 4.69) is 0 Å². The summed E-state index contributed by atoms with van der Waals surface area (Å²) < 4.78 is 30.8. The van der Waals surface area contributed by atoms with Gasteiger partial charge in [0.25, 0.3) is 0 Å². The Morgan fingerprint density at radius 2 is 2.17 bits per heavy atom. The van der Waals surface area contributed by atoms with E-state index in [9.17, 15) is 8.42 Å². The third-order valence-corrected chi connectivity index (χ3v) is 4.94. The predicted molar refractivity (Wildman–Crippen MR) is 75.5 cm³/mol. The maximum atomic E-state index is 12.0. The molecule has 0 aromatic carbocycles. The highest BCUT2D eigenvalue weighted by molar-refractivity contribution is 7.89. The molecule has 1 rings (SSSR count). The van der Waals surface area contributed by atoms with Gasteiger partial charge >= 0.3 is 0 Å². The molecule has 1 atom stereocenters. The van der Waals surface area contributed by atoms with Crippen LogP contribution in [0.1, 0.15) is 26.2 Å². The minimum atomic E-state index is -3.14. The Labute approximate surface area is 117 Å². The van der Waals surface area contributed by atoms with Gasteiger partial charge in [0, 0.05) is 19.7 Å². The maximum Gasteiger partial charge on any atom is 0.216 e. The predicted octanol–water partition coefficient (Wildman–Crippen LogP) is 0.835. The van der Waals surface area contributed by atoms with E-state index < -0.39 is 10.0 Å². The van der Waals surface area contributed by atoms with Crippen LogP contribution >= 0.6 is 12.4 Å². The molecule has 1 aliphatic heterocycles. The van der Waals surface area contributed by atoms with E-state index in [4.69, 9.17) is 10.5 Å². The highest BCUT2D eigenvalue weighted by Gasteiger charge is 2.28. The second-order valence-corrected chi connectivity index (χ2v) is 6.55. The van der Waals surface area contributed by atoms with E-state index in [0.29, 0.717) is 32.2 Å². The molecule has 1 heterocycles. The first kappa shape index (κ1) is 18.1. The largest absolute Gasteiger partial charge is 0.381 e. The van der Waals surface area contributed by atoms with Gasteiger partial charge < -0.3 is 10.5 Å². The smallest absolute Gasteiger partial charge is 0.216 e. The summed E-state index contributed by atoms with van der Waals surface area (Å²) >= 11 is 0. The summed E-state index contributed by atoms with van der Waals surface area (Å²) in [5.74, 6) is 0.520. The number of piperidine rings is 1. The van der Waals surface area contributed by atoms with Crippen molar-refractivity contribution in [1.82, 2.24) is 4.31 Å². The van der Waals surface area contributed by atoms with E-state index in [1.165, 1.54) is 0 Å². The highest BCUT2D eigenvalue weighted by atomic mass is 35.5. The molecular weight excluding hydrogens is 276 g/mol. The molecular formula is C11H25ClN2O3S.